The summed E-state index contributed by atoms with van der Waals surface area (Å²) < 4.78 is 0. The van der Waals surface area contributed by atoms with Crippen LogP contribution in [0.5, 0.6) is 0 Å². The van der Waals surface area contributed by atoms with Crippen LogP contribution in [0.2, 0.25) is 0 Å². The first-order valence-electron chi connectivity index (χ1n) is 4.38. The molecule has 0 heterocycles. The third kappa shape index (κ3) is 2.28. The summed E-state index contributed by atoms with van der Waals surface area (Å²) in [4.78, 5) is 4.30. The van der Waals surface area contributed by atoms with Gasteiger partial charge >= 0.3 is 0 Å². The van der Waals surface area contributed by atoms with E-state index in [4.69, 9.17) is 0 Å². The second kappa shape index (κ2) is 4.04. The predicted molar refractivity (Wildman–Crippen MR) is 59.0 cm³/mol. The molecule has 0 N–H and O–H groups in total. The van der Waals surface area contributed by atoms with Crippen molar-refractivity contribution in [2.24, 2.45) is 4.99 Å². The Balaban J connectivity index is 3.19. The summed E-state index contributed by atoms with van der Waals surface area (Å²) in [6.45, 7) is 9.88. The van der Waals surface area contributed by atoms with Crippen LogP contribution in [0.4, 0.5) is 5.69 Å². The Hall–Kier alpha value is -1.37. The second-order valence-electron chi connectivity index (χ2n) is 3.24. The van der Waals surface area contributed by atoms with E-state index < -0.39 is 0 Å². The molecule has 0 aliphatic carbocycles. The molecule has 1 heteroatoms. The Bertz CT molecular complexity index is 348. The Kier molecular flexibility index (Phi) is 3.02. The SMILES string of the molecule is C=C/C=N\c1cc(C)cc(C)c1C. The summed E-state index contributed by atoms with van der Waals surface area (Å²) in [6.07, 6.45) is 3.42. The van der Waals surface area contributed by atoms with Gasteiger partial charge in [0.2, 0.25) is 0 Å². The van der Waals surface area contributed by atoms with Crippen molar-refractivity contribution in [3.63, 3.8) is 0 Å². The number of aliphatic imine (C=N–C) groups is 1. The van der Waals surface area contributed by atoms with Crippen LogP contribution in [0.25, 0.3) is 0 Å². The normalized spacial score (nSPS) is 10.7. The highest BCUT2D eigenvalue weighted by Crippen LogP contribution is 2.23. The van der Waals surface area contributed by atoms with Crippen molar-refractivity contribution in [2.75, 3.05) is 0 Å². The Labute approximate surface area is 79.8 Å². The smallest absolute Gasteiger partial charge is 0.0664 e. The zero-order valence-electron chi connectivity index (χ0n) is 8.46. The average Bonchev–Trinajstić information content (AvgIpc) is 2.09. The molecule has 0 spiro atoms. The van der Waals surface area contributed by atoms with Crippen molar-refractivity contribution in [1.29, 1.82) is 0 Å². The standard InChI is InChI=1S/C12H15N/c1-5-6-13-12-8-9(2)7-10(3)11(12)4/h5-8H,1H2,2-4H3/b13-6-. The summed E-state index contributed by atoms with van der Waals surface area (Å²) >= 11 is 0. The molecular weight excluding hydrogens is 158 g/mol. The molecule has 0 fully saturated rings. The van der Waals surface area contributed by atoms with E-state index >= 15 is 0 Å². The van der Waals surface area contributed by atoms with Crippen molar-refractivity contribution < 1.29 is 0 Å². The van der Waals surface area contributed by atoms with Gasteiger partial charge in [0.05, 0.1) is 5.69 Å². The number of hydrogen-bond acceptors (Lipinski definition) is 1. The molecular formula is C12H15N. The van der Waals surface area contributed by atoms with Gasteiger partial charge in [0.1, 0.15) is 0 Å². The molecule has 13 heavy (non-hydrogen) atoms. The first-order valence-corrected chi connectivity index (χ1v) is 4.38. The van der Waals surface area contributed by atoms with Crippen molar-refractivity contribution in [1.82, 2.24) is 0 Å². The lowest BCUT2D eigenvalue weighted by Gasteiger charge is -2.05. The highest BCUT2D eigenvalue weighted by molar-refractivity contribution is 5.74. The Morgan fingerprint density at radius 3 is 2.54 bits per heavy atom. The number of allylic oxidation sites excluding steroid dienone is 1. The van der Waals surface area contributed by atoms with E-state index in [1.165, 1.54) is 16.7 Å². The molecule has 0 unspecified atom stereocenters. The maximum Gasteiger partial charge on any atom is 0.0664 e. The average molecular weight is 173 g/mol. The monoisotopic (exact) mass is 173 g/mol. The van der Waals surface area contributed by atoms with Gasteiger partial charge in [-0.3, -0.25) is 4.99 Å². The molecule has 1 nitrogen and oxygen atoms in total. The van der Waals surface area contributed by atoms with Crippen LogP contribution >= 0.6 is 0 Å². The largest absolute Gasteiger partial charge is 0.257 e. The van der Waals surface area contributed by atoms with Crippen LogP contribution in [0.15, 0.2) is 29.8 Å². The molecule has 68 valence electrons. The fourth-order valence-electron chi connectivity index (χ4n) is 1.28. The molecule has 0 amide bonds. The van der Waals surface area contributed by atoms with Gasteiger partial charge in [-0.05, 0) is 43.5 Å². The highest BCUT2D eigenvalue weighted by atomic mass is 14.7. The van der Waals surface area contributed by atoms with Crippen LogP contribution in [0.1, 0.15) is 16.7 Å². The van der Waals surface area contributed by atoms with Crippen LogP contribution in [0, 0.1) is 20.8 Å². The van der Waals surface area contributed by atoms with Gasteiger partial charge in [-0.2, -0.15) is 0 Å². The molecule has 0 atom stereocenters. The quantitative estimate of drug-likeness (QED) is 0.607. The summed E-state index contributed by atoms with van der Waals surface area (Å²) in [5.74, 6) is 0. The van der Waals surface area contributed by atoms with Gasteiger partial charge < -0.3 is 0 Å². The molecule has 0 aliphatic heterocycles. The molecule has 0 aromatic heterocycles. The van der Waals surface area contributed by atoms with Gasteiger partial charge in [-0.25, -0.2) is 0 Å². The highest BCUT2D eigenvalue weighted by Gasteiger charge is 1.99. The van der Waals surface area contributed by atoms with Crippen molar-refractivity contribution in [3.05, 3.63) is 41.5 Å². The molecule has 1 aromatic rings. The van der Waals surface area contributed by atoms with Crippen LogP contribution in [-0.2, 0) is 0 Å². The zero-order valence-corrected chi connectivity index (χ0v) is 8.46. The maximum absolute atomic E-state index is 4.30. The lowest BCUT2D eigenvalue weighted by atomic mass is 10.1. The van der Waals surface area contributed by atoms with Crippen LogP contribution < -0.4 is 0 Å². The number of benzene rings is 1. The second-order valence-corrected chi connectivity index (χ2v) is 3.24. The van der Waals surface area contributed by atoms with Gasteiger partial charge in [0, 0.05) is 6.21 Å². The molecule has 0 aliphatic rings. The molecule has 0 saturated heterocycles. The summed E-state index contributed by atoms with van der Waals surface area (Å²) in [6, 6.07) is 4.25. The minimum absolute atomic E-state index is 1.04. The van der Waals surface area contributed by atoms with Crippen molar-refractivity contribution in [2.45, 2.75) is 20.8 Å². The minimum Gasteiger partial charge on any atom is -0.257 e. The number of aryl methyl sites for hydroxylation is 2. The first kappa shape index (κ1) is 9.72. The summed E-state index contributed by atoms with van der Waals surface area (Å²) in [5, 5.41) is 0. The molecule has 0 saturated carbocycles. The minimum atomic E-state index is 1.04. The van der Waals surface area contributed by atoms with E-state index in [1.54, 1.807) is 12.3 Å². The first-order chi connectivity index (χ1) is 6.15. The lowest BCUT2D eigenvalue weighted by molar-refractivity contribution is 1.28. The zero-order chi connectivity index (χ0) is 9.84. The molecule has 1 aromatic carbocycles. The summed E-state index contributed by atoms with van der Waals surface area (Å²) in [7, 11) is 0. The fraction of sp³-hybridized carbons (Fsp3) is 0.250. The van der Waals surface area contributed by atoms with E-state index in [0.29, 0.717) is 0 Å². The third-order valence-corrected chi connectivity index (χ3v) is 2.10. The van der Waals surface area contributed by atoms with Crippen LogP contribution in [-0.4, -0.2) is 6.21 Å². The van der Waals surface area contributed by atoms with Gasteiger partial charge in [0.15, 0.2) is 0 Å². The molecule has 0 bridgehead atoms. The number of hydrogen-bond donors (Lipinski definition) is 0. The lowest BCUT2D eigenvalue weighted by Crippen LogP contribution is -1.84. The van der Waals surface area contributed by atoms with E-state index in [-0.39, 0.29) is 0 Å². The predicted octanol–water partition coefficient (Wildman–Crippen LogP) is 3.50. The van der Waals surface area contributed by atoms with Crippen molar-refractivity contribution in [3.8, 4) is 0 Å². The van der Waals surface area contributed by atoms with Gasteiger partial charge in [0.25, 0.3) is 0 Å². The van der Waals surface area contributed by atoms with Crippen LogP contribution in [0.3, 0.4) is 0 Å². The molecule has 0 radical (unpaired) electrons. The van der Waals surface area contributed by atoms with Gasteiger partial charge in [-0.1, -0.05) is 18.7 Å². The van der Waals surface area contributed by atoms with E-state index in [9.17, 15) is 0 Å². The number of rotatable bonds is 2. The third-order valence-electron chi connectivity index (χ3n) is 2.10. The Morgan fingerprint density at radius 2 is 1.92 bits per heavy atom. The van der Waals surface area contributed by atoms with Crippen molar-refractivity contribution >= 4 is 11.9 Å². The van der Waals surface area contributed by atoms with E-state index in [0.717, 1.165) is 5.69 Å². The Morgan fingerprint density at radius 1 is 1.23 bits per heavy atom. The van der Waals surface area contributed by atoms with Gasteiger partial charge in [-0.15, -0.1) is 0 Å². The fourth-order valence-corrected chi connectivity index (χ4v) is 1.28. The number of nitrogens with zero attached hydrogens (tertiary/aromatic N) is 1. The van der Waals surface area contributed by atoms with E-state index in [1.807, 2.05) is 0 Å². The van der Waals surface area contributed by atoms with E-state index in [2.05, 4.69) is 44.5 Å². The topological polar surface area (TPSA) is 12.4 Å². The maximum atomic E-state index is 4.30. The molecule has 1 rings (SSSR count). The summed E-state index contributed by atoms with van der Waals surface area (Å²) in [5.41, 5.74) is 4.82.